The maximum atomic E-state index is 11.8. The second-order valence-electron chi connectivity index (χ2n) is 5.99. The fourth-order valence-electron chi connectivity index (χ4n) is 2.55. The minimum absolute atomic E-state index is 0.134. The monoisotopic (exact) mass is 371 g/mol. The zero-order valence-electron chi connectivity index (χ0n) is 14.9. The fourth-order valence-corrected chi connectivity index (χ4v) is 3.23. The second-order valence-corrected chi connectivity index (χ2v) is 7.88. The van der Waals surface area contributed by atoms with Crippen LogP contribution in [0.25, 0.3) is 10.9 Å². The Labute approximate surface area is 153 Å². The van der Waals surface area contributed by atoms with E-state index in [9.17, 15) is 8.42 Å². The minimum atomic E-state index is -3.48. The molecule has 8 heteroatoms. The zero-order chi connectivity index (χ0) is 18.7. The maximum absolute atomic E-state index is 11.8. The summed E-state index contributed by atoms with van der Waals surface area (Å²) in [6, 6.07) is 13.2. The number of anilines is 2. The number of pyridine rings is 2. The van der Waals surface area contributed by atoms with Gasteiger partial charge in [0.2, 0.25) is 10.0 Å². The van der Waals surface area contributed by atoms with Gasteiger partial charge in [0.1, 0.15) is 16.5 Å². The third-order valence-electron chi connectivity index (χ3n) is 4.02. The van der Waals surface area contributed by atoms with E-state index in [1.807, 2.05) is 49.3 Å². The number of fused-ring (bicyclic) bond motifs is 1. The number of nitrogens with zero attached hydrogens (tertiary/aromatic N) is 3. The molecule has 2 heterocycles. The summed E-state index contributed by atoms with van der Waals surface area (Å²) in [6.45, 7) is 0.551. The van der Waals surface area contributed by atoms with Gasteiger partial charge in [-0.3, -0.25) is 0 Å². The van der Waals surface area contributed by atoms with Gasteiger partial charge in [-0.05, 0) is 36.9 Å². The highest BCUT2D eigenvalue weighted by atomic mass is 32.2. The van der Waals surface area contributed by atoms with Crippen LogP contribution >= 0.6 is 0 Å². The molecule has 7 nitrogen and oxygen atoms in total. The Hall–Kier alpha value is -2.71. The van der Waals surface area contributed by atoms with Crippen LogP contribution in [0.5, 0.6) is 0 Å². The first kappa shape index (κ1) is 18.1. The lowest BCUT2D eigenvalue weighted by atomic mass is 10.1. The standard InChI is InChI=1S/C18H21N5O2S/c1-19-26(24,25)14-8-9-17(21-12-14)20-11-13-10-18(23(2)3)22-16-7-5-4-6-15(13)16/h4-10,12,19H,11H2,1-3H3,(H,20,21). The van der Waals surface area contributed by atoms with Crippen LogP contribution in [0.15, 0.2) is 53.6 Å². The van der Waals surface area contributed by atoms with E-state index in [1.165, 1.54) is 19.3 Å². The number of hydrogen-bond donors (Lipinski definition) is 2. The summed E-state index contributed by atoms with van der Waals surface area (Å²) in [6.07, 6.45) is 1.34. The van der Waals surface area contributed by atoms with Crippen LogP contribution < -0.4 is 14.9 Å². The molecule has 0 radical (unpaired) electrons. The Balaban J connectivity index is 1.85. The van der Waals surface area contributed by atoms with Crippen molar-refractivity contribution >= 4 is 32.6 Å². The number of sulfonamides is 1. The van der Waals surface area contributed by atoms with Gasteiger partial charge >= 0.3 is 0 Å². The molecule has 3 rings (SSSR count). The van der Waals surface area contributed by atoms with Crippen molar-refractivity contribution in [3.63, 3.8) is 0 Å². The molecule has 0 saturated heterocycles. The van der Waals surface area contributed by atoms with Gasteiger partial charge < -0.3 is 10.2 Å². The van der Waals surface area contributed by atoms with E-state index < -0.39 is 10.0 Å². The van der Waals surface area contributed by atoms with Crippen molar-refractivity contribution in [3.8, 4) is 0 Å². The van der Waals surface area contributed by atoms with Crippen molar-refractivity contribution in [1.29, 1.82) is 0 Å². The first-order valence-corrected chi connectivity index (χ1v) is 9.58. The second kappa shape index (κ2) is 7.27. The van der Waals surface area contributed by atoms with E-state index in [-0.39, 0.29) is 4.90 Å². The summed E-state index contributed by atoms with van der Waals surface area (Å²) in [5.74, 6) is 1.48. The summed E-state index contributed by atoms with van der Waals surface area (Å²) in [4.78, 5) is 10.9. The Kier molecular flexibility index (Phi) is 5.06. The summed E-state index contributed by atoms with van der Waals surface area (Å²) < 4.78 is 25.8. The van der Waals surface area contributed by atoms with Crippen molar-refractivity contribution in [2.45, 2.75) is 11.4 Å². The van der Waals surface area contributed by atoms with Crippen LogP contribution in [0.3, 0.4) is 0 Å². The molecule has 0 unspecified atom stereocenters. The number of nitrogens with one attached hydrogen (secondary N) is 2. The molecule has 2 N–H and O–H groups in total. The smallest absolute Gasteiger partial charge is 0.241 e. The highest BCUT2D eigenvalue weighted by Crippen LogP contribution is 2.23. The lowest BCUT2D eigenvalue weighted by molar-refractivity contribution is 0.588. The Morgan fingerprint density at radius 2 is 1.88 bits per heavy atom. The van der Waals surface area contributed by atoms with Gasteiger partial charge in [0.15, 0.2) is 0 Å². The Morgan fingerprint density at radius 1 is 1.12 bits per heavy atom. The van der Waals surface area contributed by atoms with Crippen molar-refractivity contribution in [2.75, 3.05) is 31.4 Å². The zero-order valence-corrected chi connectivity index (χ0v) is 15.7. The Bertz CT molecular complexity index is 1020. The van der Waals surface area contributed by atoms with Crippen LogP contribution in [0, 0.1) is 0 Å². The average Bonchev–Trinajstić information content (AvgIpc) is 2.66. The maximum Gasteiger partial charge on any atom is 0.241 e. The van der Waals surface area contributed by atoms with E-state index in [2.05, 4.69) is 20.0 Å². The van der Waals surface area contributed by atoms with Crippen LogP contribution in [0.2, 0.25) is 0 Å². The lowest BCUT2D eigenvalue weighted by Gasteiger charge is -2.15. The molecule has 0 saturated carbocycles. The fraction of sp³-hybridized carbons (Fsp3) is 0.222. The van der Waals surface area contributed by atoms with Crippen molar-refractivity contribution in [1.82, 2.24) is 14.7 Å². The average molecular weight is 371 g/mol. The third-order valence-corrected chi connectivity index (χ3v) is 5.42. The predicted molar refractivity (Wildman–Crippen MR) is 104 cm³/mol. The van der Waals surface area contributed by atoms with Crippen molar-refractivity contribution < 1.29 is 8.42 Å². The quantitative estimate of drug-likeness (QED) is 0.691. The molecular formula is C18H21N5O2S. The van der Waals surface area contributed by atoms with E-state index in [4.69, 9.17) is 0 Å². The van der Waals surface area contributed by atoms with Crippen LogP contribution in [0.1, 0.15) is 5.56 Å². The molecular weight excluding hydrogens is 350 g/mol. The van der Waals surface area contributed by atoms with Gasteiger partial charge in [0, 0.05) is 32.2 Å². The predicted octanol–water partition coefficient (Wildman–Crippen LogP) is 2.22. The van der Waals surface area contributed by atoms with Crippen molar-refractivity contribution in [3.05, 3.63) is 54.2 Å². The molecule has 0 aliphatic rings. The molecule has 136 valence electrons. The third kappa shape index (κ3) is 3.76. The van der Waals surface area contributed by atoms with Gasteiger partial charge in [0.25, 0.3) is 0 Å². The summed E-state index contributed by atoms with van der Waals surface area (Å²) in [5, 5.41) is 4.31. The summed E-state index contributed by atoms with van der Waals surface area (Å²) >= 11 is 0. The van der Waals surface area contributed by atoms with E-state index >= 15 is 0 Å². The minimum Gasteiger partial charge on any atom is -0.366 e. The number of benzene rings is 1. The largest absolute Gasteiger partial charge is 0.366 e. The number of hydrogen-bond acceptors (Lipinski definition) is 6. The topological polar surface area (TPSA) is 87.2 Å². The molecule has 1 aromatic carbocycles. The SMILES string of the molecule is CNS(=O)(=O)c1ccc(NCc2cc(N(C)C)nc3ccccc23)nc1. The lowest BCUT2D eigenvalue weighted by Crippen LogP contribution is -2.18. The van der Waals surface area contributed by atoms with Crippen LogP contribution in [-0.4, -0.2) is 39.5 Å². The van der Waals surface area contributed by atoms with Gasteiger partial charge in [0.05, 0.1) is 5.52 Å². The van der Waals surface area contributed by atoms with Gasteiger partial charge in [-0.1, -0.05) is 18.2 Å². The van der Waals surface area contributed by atoms with Crippen LogP contribution in [0.4, 0.5) is 11.6 Å². The van der Waals surface area contributed by atoms with E-state index in [0.717, 1.165) is 22.3 Å². The molecule has 0 aliphatic heterocycles. The summed E-state index contributed by atoms with van der Waals surface area (Å²) in [7, 11) is 1.80. The van der Waals surface area contributed by atoms with Gasteiger partial charge in [-0.2, -0.15) is 0 Å². The molecule has 0 amide bonds. The van der Waals surface area contributed by atoms with E-state index in [1.54, 1.807) is 6.07 Å². The highest BCUT2D eigenvalue weighted by Gasteiger charge is 2.12. The molecule has 26 heavy (non-hydrogen) atoms. The molecule has 3 aromatic rings. The van der Waals surface area contributed by atoms with Gasteiger partial charge in [-0.15, -0.1) is 0 Å². The molecule has 0 bridgehead atoms. The molecule has 0 aliphatic carbocycles. The van der Waals surface area contributed by atoms with E-state index in [0.29, 0.717) is 12.4 Å². The molecule has 0 spiro atoms. The first-order valence-electron chi connectivity index (χ1n) is 8.10. The van der Waals surface area contributed by atoms with Gasteiger partial charge in [-0.25, -0.2) is 23.1 Å². The molecule has 0 fully saturated rings. The number of para-hydroxylation sites is 1. The highest BCUT2D eigenvalue weighted by molar-refractivity contribution is 7.89. The molecule has 2 aromatic heterocycles. The summed E-state index contributed by atoms with van der Waals surface area (Å²) in [5.41, 5.74) is 2.02. The number of rotatable bonds is 6. The Morgan fingerprint density at radius 3 is 2.54 bits per heavy atom. The first-order chi connectivity index (χ1) is 12.4. The molecule has 0 atom stereocenters. The number of aromatic nitrogens is 2. The van der Waals surface area contributed by atoms with Crippen LogP contribution in [-0.2, 0) is 16.6 Å². The van der Waals surface area contributed by atoms with Crippen molar-refractivity contribution in [2.24, 2.45) is 0 Å². The normalized spacial score (nSPS) is 11.5.